The van der Waals surface area contributed by atoms with Crippen molar-refractivity contribution < 1.29 is 19.2 Å². The van der Waals surface area contributed by atoms with Crippen LogP contribution in [0.3, 0.4) is 0 Å². The monoisotopic (exact) mass is 408 g/mol. The van der Waals surface area contributed by atoms with Crippen LogP contribution in [0.1, 0.15) is 18.5 Å². The van der Waals surface area contributed by atoms with Gasteiger partial charge in [0.25, 0.3) is 0 Å². The Labute approximate surface area is 166 Å². The van der Waals surface area contributed by atoms with Gasteiger partial charge in [-0.2, -0.15) is 0 Å². The third kappa shape index (κ3) is 4.64. The number of H-pyrrole nitrogens is 1. The Morgan fingerprint density at radius 3 is 2.89 bits per heavy atom. The van der Waals surface area contributed by atoms with Crippen molar-refractivity contribution in [2.75, 3.05) is 25.1 Å². The molecule has 4 amide bonds. The van der Waals surface area contributed by atoms with Gasteiger partial charge in [0.15, 0.2) is 0 Å². The zero-order valence-corrected chi connectivity index (χ0v) is 16.4. The molecule has 2 aliphatic heterocycles. The summed E-state index contributed by atoms with van der Waals surface area (Å²) >= 11 is 1.38. The molecule has 152 valence electrons. The third-order valence-electron chi connectivity index (χ3n) is 4.85. The number of aromatic nitrogens is 2. The summed E-state index contributed by atoms with van der Waals surface area (Å²) in [5.41, 5.74) is 0.691. The fraction of sp³-hybridized carbons (Fsp3) is 0.588. The molecule has 0 spiro atoms. The number of rotatable bonds is 6. The molecule has 3 atom stereocenters. The minimum absolute atomic E-state index is 0.202. The summed E-state index contributed by atoms with van der Waals surface area (Å²) < 4.78 is 0. The van der Waals surface area contributed by atoms with Gasteiger partial charge in [0.05, 0.1) is 12.1 Å². The van der Waals surface area contributed by atoms with Gasteiger partial charge in [-0.05, 0) is 12.8 Å². The number of imidazole rings is 1. The molecule has 0 aliphatic carbocycles. The summed E-state index contributed by atoms with van der Waals surface area (Å²) in [6.45, 7) is 0.461. The number of carbonyl (C=O) groups excluding carboxylic acids is 4. The fourth-order valence-electron chi connectivity index (χ4n) is 3.45. The molecule has 2 aliphatic rings. The van der Waals surface area contributed by atoms with Crippen molar-refractivity contribution in [1.29, 1.82) is 0 Å². The summed E-state index contributed by atoms with van der Waals surface area (Å²) in [4.78, 5) is 57.9. The lowest BCUT2D eigenvalue weighted by Crippen LogP contribution is -2.58. The highest BCUT2D eigenvalue weighted by atomic mass is 32.2. The number of carbonyl (C=O) groups is 4. The van der Waals surface area contributed by atoms with E-state index in [-0.39, 0.29) is 24.1 Å². The summed E-state index contributed by atoms with van der Waals surface area (Å²) in [6.07, 6.45) is 4.62. The van der Waals surface area contributed by atoms with Crippen LogP contribution in [0, 0.1) is 0 Å². The Morgan fingerprint density at radius 2 is 2.21 bits per heavy atom. The van der Waals surface area contributed by atoms with E-state index < -0.39 is 24.0 Å². The fourth-order valence-corrected chi connectivity index (χ4v) is 4.30. The maximum absolute atomic E-state index is 13.2. The largest absolute Gasteiger partial charge is 0.357 e. The highest BCUT2D eigenvalue weighted by molar-refractivity contribution is 8.00. The number of likely N-dealkylation sites (tertiary alicyclic amines) is 1. The maximum Gasteiger partial charge on any atom is 0.246 e. The highest BCUT2D eigenvalue weighted by Gasteiger charge is 2.38. The number of hydrogen-bond donors (Lipinski definition) is 4. The van der Waals surface area contributed by atoms with E-state index in [4.69, 9.17) is 0 Å². The van der Waals surface area contributed by atoms with Gasteiger partial charge < -0.3 is 25.8 Å². The maximum atomic E-state index is 13.2. The molecule has 10 nitrogen and oxygen atoms in total. The van der Waals surface area contributed by atoms with E-state index >= 15 is 0 Å². The molecule has 0 aromatic carbocycles. The van der Waals surface area contributed by atoms with Crippen LogP contribution in [0.5, 0.6) is 0 Å². The number of aromatic amines is 1. The Hall–Kier alpha value is -2.56. The van der Waals surface area contributed by atoms with Gasteiger partial charge in [0.1, 0.15) is 18.1 Å². The van der Waals surface area contributed by atoms with Crippen LogP contribution in [-0.4, -0.2) is 81.7 Å². The van der Waals surface area contributed by atoms with E-state index in [1.165, 1.54) is 30.0 Å². The Kier molecular flexibility index (Phi) is 6.55. The van der Waals surface area contributed by atoms with Gasteiger partial charge in [0.2, 0.25) is 23.6 Å². The van der Waals surface area contributed by atoms with Crippen molar-refractivity contribution >= 4 is 35.4 Å². The molecular formula is C17H24N6O4S. The van der Waals surface area contributed by atoms with Gasteiger partial charge in [-0.25, -0.2) is 4.98 Å². The predicted octanol–water partition coefficient (Wildman–Crippen LogP) is -1.59. The molecule has 2 fully saturated rings. The van der Waals surface area contributed by atoms with E-state index in [1.54, 1.807) is 6.20 Å². The zero-order valence-electron chi connectivity index (χ0n) is 15.6. The number of hydrogen-bond acceptors (Lipinski definition) is 6. The van der Waals surface area contributed by atoms with Crippen molar-refractivity contribution in [1.82, 2.24) is 30.8 Å². The van der Waals surface area contributed by atoms with Crippen LogP contribution in [0.15, 0.2) is 12.5 Å². The molecule has 3 heterocycles. The molecule has 3 rings (SSSR count). The molecule has 1 unspecified atom stereocenters. The lowest BCUT2D eigenvalue weighted by Gasteiger charge is -2.30. The molecular weight excluding hydrogens is 384 g/mol. The average Bonchev–Trinajstić information content (AvgIpc) is 3.38. The van der Waals surface area contributed by atoms with Gasteiger partial charge >= 0.3 is 0 Å². The van der Waals surface area contributed by atoms with Crippen LogP contribution >= 0.6 is 11.8 Å². The summed E-state index contributed by atoms with van der Waals surface area (Å²) in [6, 6.07) is -2.08. The van der Waals surface area contributed by atoms with Crippen LogP contribution in [0.2, 0.25) is 0 Å². The van der Waals surface area contributed by atoms with E-state index in [2.05, 4.69) is 25.9 Å². The number of thioether (sulfide) groups is 1. The Balaban J connectivity index is 1.74. The lowest BCUT2D eigenvalue weighted by molar-refractivity contribution is -0.141. The second-order valence-corrected chi connectivity index (χ2v) is 7.81. The first-order valence-corrected chi connectivity index (χ1v) is 10.3. The van der Waals surface area contributed by atoms with Crippen molar-refractivity contribution in [2.24, 2.45) is 0 Å². The Bertz CT molecular complexity index is 740. The molecule has 4 N–H and O–H groups in total. The second-order valence-electron chi connectivity index (χ2n) is 6.78. The first-order chi connectivity index (χ1) is 13.5. The molecule has 28 heavy (non-hydrogen) atoms. The first kappa shape index (κ1) is 20.2. The van der Waals surface area contributed by atoms with Gasteiger partial charge in [-0.15, -0.1) is 11.8 Å². The van der Waals surface area contributed by atoms with Crippen LogP contribution in [-0.2, 0) is 25.6 Å². The van der Waals surface area contributed by atoms with Crippen LogP contribution < -0.4 is 16.0 Å². The van der Waals surface area contributed by atoms with E-state index in [0.29, 0.717) is 30.2 Å². The molecule has 0 saturated carbocycles. The van der Waals surface area contributed by atoms with Gasteiger partial charge in [0, 0.05) is 37.7 Å². The standard InChI is InChI=1S/C17H24N6O4S/c1-18-16(26)13-3-2-4-23(13)17(27)11(5-10-6-19-9-20-10)22-15(25)12-7-28-8-14(24)21-12/h6,9,11-13H,2-5,7-8H2,1H3,(H,18,26)(H,19,20)(H,21,24)(H,22,25)/t11-,12?,13-/m0/s1. The van der Waals surface area contributed by atoms with Crippen LogP contribution in [0.4, 0.5) is 0 Å². The topological polar surface area (TPSA) is 136 Å². The smallest absolute Gasteiger partial charge is 0.246 e. The normalized spacial score (nSPS) is 23.0. The molecule has 0 radical (unpaired) electrons. The minimum Gasteiger partial charge on any atom is -0.357 e. The van der Waals surface area contributed by atoms with E-state index in [1.807, 2.05) is 0 Å². The van der Waals surface area contributed by atoms with Crippen LogP contribution in [0.25, 0.3) is 0 Å². The summed E-state index contributed by atoms with van der Waals surface area (Å²) in [7, 11) is 1.54. The Morgan fingerprint density at radius 1 is 1.39 bits per heavy atom. The van der Waals surface area contributed by atoms with Crippen molar-refractivity contribution in [2.45, 2.75) is 37.4 Å². The van der Waals surface area contributed by atoms with E-state index in [9.17, 15) is 19.2 Å². The van der Waals surface area contributed by atoms with Crippen molar-refractivity contribution in [3.63, 3.8) is 0 Å². The van der Waals surface area contributed by atoms with Gasteiger partial charge in [-0.3, -0.25) is 19.2 Å². The average molecular weight is 408 g/mol. The number of amides is 4. The SMILES string of the molecule is CNC(=O)[C@@H]1CCCN1C(=O)[C@H](Cc1cnc[nH]1)NC(=O)C1CSCC(=O)N1. The molecule has 0 bridgehead atoms. The van der Waals surface area contributed by atoms with Crippen molar-refractivity contribution in [3.8, 4) is 0 Å². The highest BCUT2D eigenvalue weighted by Crippen LogP contribution is 2.19. The number of nitrogens with zero attached hydrogens (tertiary/aromatic N) is 2. The predicted molar refractivity (Wildman–Crippen MR) is 102 cm³/mol. The minimum atomic E-state index is -0.859. The summed E-state index contributed by atoms with van der Waals surface area (Å²) in [5, 5.41) is 7.99. The molecule has 1 aromatic heterocycles. The summed E-state index contributed by atoms with van der Waals surface area (Å²) in [5.74, 6) is -0.368. The third-order valence-corrected chi connectivity index (χ3v) is 5.88. The van der Waals surface area contributed by atoms with Crippen molar-refractivity contribution in [3.05, 3.63) is 18.2 Å². The zero-order chi connectivity index (χ0) is 20.1. The number of likely N-dealkylation sites (N-methyl/N-ethyl adjacent to an activating group) is 1. The lowest BCUT2D eigenvalue weighted by atomic mass is 10.1. The van der Waals surface area contributed by atoms with Gasteiger partial charge in [-0.1, -0.05) is 0 Å². The quantitative estimate of drug-likeness (QED) is 0.448. The second kappa shape index (κ2) is 9.09. The molecule has 2 saturated heterocycles. The molecule has 11 heteroatoms. The van der Waals surface area contributed by atoms with E-state index in [0.717, 1.165) is 6.42 Å². The first-order valence-electron chi connectivity index (χ1n) is 9.16. The number of nitrogens with one attached hydrogen (secondary N) is 4. The molecule has 1 aromatic rings.